The fraction of sp³-hybridized carbons (Fsp3) is 0.0769. The third kappa shape index (κ3) is 2.06. The zero-order chi connectivity index (χ0) is 11.4. The molecule has 1 heterocycles. The van der Waals surface area contributed by atoms with Crippen LogP contribution in [0, 0.1) is 17.1 Å². The van der Waals surface area contributed by atoms with E-state index in [0.717, 1.165) is 16.7 Å². The molecule has 1 aromatic heterocycles. The smallest absolute Gasteiger partial charge is 0.123 e. The fourth-order valence-electron chi connectivity index (χ4n) is 1.58. The van der Waals surface area contributed by atoms with Crippen LogP contribution in [0.4, 0.5) is 4.39 Å². The summed E-state index contributed by atoms with van der Waals surface area (Å²) in [5, 5.41) is 8.70. The van der Waals surface area contributed by atoms with Gasteiger partial charge in [-0.05, 0) is 29.3 Å². The van der Waals surface area contributed by atoms with Gasteiger partial charge in [0.2, 0.25) is 0 Å². The number of pyridine rings is 1. The fourth-order valence-corrected chi connectivity index (χ4v) is 1.58. The van der Waals surface area contributed by atoms with Crippen molar-refractivity contribution in [2.75, 3.05) is 0 Å². The summed E-state index contributed by atoms with van der Waals surface area (Å²) in [5.74, 6) is -0.288. The molecule has 0 atom stereocenters. The van der Waals surface area contributed by atoms with Crippen molar-refractivity contribution in [1.29, 1.82) is 5.26 Å². The Labute approximate surface area is 93.0 Å². The van der Waals surface area contributed by atoms with E-state index in [0.29, 0.717) is 6.42 Å². The largest absolute Gasteiger partial charge is 0.264 e. The highest BCUT2D eigenvalue weighted by Crippen LogP contribution is 2.23. The summed E-state index contributed by atoms with van der Waals surface area (Å²) in [6.07, 6.45) is 3.59. The van der Waals surface area contributed by atoms with E-state index in [1.165, 1.54) is 12.1 Å². The summed E-state index contributed by atoms with van der Waals surface area (Å²) in [7, 11) is 0. The Morgan fingerprint density at radius 3 is 2.94 bits per heavy atom. The lowest BCUT2D eigenvalue weighted by atomic mass is 10.0. The molecular weight excluding hydrogens is 203 g/mol. The van der Waals surface area contributed by atoms with Gasteiger partial charge in [0.25, 0.3) is 0 Å². The normalized spacial score (nSPS) is 9.75. The standard InChI is InChI=1S/C13H9FN2/c14-12-3-1-2-11(8-12)13-9-16-7-5-10(13)4-6-15/h1-3,5,7-9H,4H2. The van der Waals surface area contributed by atoms with Crippen LogP contribution in [0.5, 0.6) is 0 Å². The topological polar surface area (TPSA) is 36.7 Å². The van der Waals surface area contributed by atoms with E-state index in [2.05, 4.69) is 11.1 Å². The molecule has 0 aliphatic heterocycles. The van der Waals surface area contributed by atoms with E-state index in [4.69, 9.17) is 5.26 Å². The molecule has 0 fully saturated rings. The minimum Gasteiger partial charge on any atom is -0.264 e. The molecule has 0 amide bonds. The number of nitrogens with zero attached hydrogens (tertiary/aromatic N) is 2. The second-order valence-electron chi connectivity index (χ2n) is 3.38. The van der Waals surface area contributed by atoms with Gasteiger partial charge in [0.1, 0.15) is 5.82 Å². The van der Waals surface area contributed by atoms with Crippen LogP contribution in [0.25, 0.3) is 11.1 Å². The predicted octanol–water partition coefficient (Wildman–Crippen LogP) is 2.95. The molecule has 0 bridgehead atoms. The van der Waals surface area contributed by atoms with Crippen LogP contribution in [0.3, 0.4) is 0 Å². The highest BCUT2D eigenvalue weighted by atomic mass is 19.1. The van der Waals surface area contributed by atoms with Crippen molar-refractivity contribution in [3.05, 3.63) is 54.1 Å². The van der Waals surface area contributed by atoms with E-state index in [-0.39, 0.29) is 5.82 Å². The van der Waals surface area contributed by atoms with Crippen LogP contribution >= 0.6 is 0 Å². The zero-order valence-corrected chi connectivity index (χ0v) is 8.52. The van der Waals surface area contributed by atoms with Gasteiger partial charge in [-0.1, -0.05) is 12.1 Å². The molecule has 0 N–H and O–H groups in total. The summed E-state index contributed by atoms with van der Waals surface area (Å²) in [6.45, 7) is 0. The van der Waals surface area contributed by atoms with Crippen molar-refractivity contribution in [1.82, 2.24) is 4.98 Å². The van der Waals surface area contributed by atoms with Gasteiger partial charge < -0.3 is 0 Å². The number of hydrogen-bond donors (Lipinski definition) is 0. The van der Waals surface area contributed by atoms with Crippen molar-refractivity contribution in [3.63, 3.8) is 0 Å². The van der Waals surface area contributed by atoms with E-state index in [1.54, 1.807) is 30.6 Å². The van der Waals surface area contributed by atoms with Gasteiger partial charge >= 0.3 is 0 Å². The van der Waals surface area contributed by atoms with Gasteiger partial charge in [0, 0.05) is 18.0 Å². The van der Waals surface area contributed by atoms with E-state index >= 15 is 0 Å². The van der Waals surface area contributed by atoms with E-state index in [1.807, 2.05) is 0 Å². The zero-order valence-electron chi connectivity index (χ0n) is 8.52. The van der Waals surface area contributed by atoms with Crippen molar-refractivity contribution >= 4 is 0 Å². The highest BCUT2D eigenvalue weighted by molar-refractivity contribution is 5.66. The first-order valence-electron chi connectivity index (χ1n) is 4.87. The summed E-state index contributed by atoms with van der Waals surface area (Å²) < 4.78 is 13.1. The van der Waals surface area contributed by atoms with Gasteiger partial charge in [0.15, 0.2) is 0 Å². The summed E-state index contributed by atoms with van der Waals surface area (Å²) in [6, 6.07) is 10.2. The molecule has 0 aliphatic carbocycles. The van der Waals surface area contributed by atoms with Crippen LogP contribution in [-0.2, 0) is 6.42 Å². The third-order valence-electron chi connectivity index (χ3n) is 2.32. The number of rotatable bonds is 2. The van der Waals surface area contributed by atoms with E-state index in [9.17, 15) is 4.39 Å². The molecule has 16 heavy (non-hydrogen) atoms. The first-order valence-corrected chi connectivity index (χ1v) is 4.87. The third-order valence-corrected chi connectivity index (χ3v) is 2.32. The number of benzene rings is 1. The minimum atomic E-state index is -0.288. The van der Waals surface area contributed by atoms with Crippen LogP contribution in [-0.4, -0.2) is 4.98 Å². The molecule has 0 saturated heterocycles. The van der Waals surface area contributed by atoms with Crippen molar-refractivity contribution in [3.8, 4) is 17.2 Å². The highest BCUT2D eigenvalue weighted by Gasteiger charge is 2.05. The second-order valence-corrected chi connectivity index (χ2v) is 3.38. The quantitative estimate of drug-likeness (QED) is 0.767. The van der Waals surface area contributed by atoms with Crippen molar-refractivity contribution in [2.45, 2.75) is 6.42 Å². The van der Waals surface area contributed by atoms with Crippen LogP contribution in [0.15, 0.2) is 42.7 Å². The SMILES string of the molecule is N#CCc1ccncc1-c1cccc(F)c1. The maximum absolute atomic E-state index is 13.1. The average Bonchev–Trinajstić information content (AvgIpc) is 2.30. The maximum Gasteiger partial charge on any atom is 0.123 e. The molecule has 0 spiro atoms. The molecule has 3 heteroatoms. The Balaban J connectivity index is 2.52. The van der Waals surface area contributed by atoms with Crippen LogP contribution in [0.2, 0.25) is 0 Å². The lowest BCUT2D eigenvalue weighted by Gasteiger charge is -2.05. The molecule has 78 valence electrons. The Bertz CT molecular complexity index is 544. The Morgan fingerprint density at radius 1 is 1.31 bits per heavy atom. The molecule has 1 aromatic carbocycles. The van der Waals surface area contributed by atoms with Gasteiger partial charge in [-0.2, -0.15) is 5.26 Å². The number of nitriles is 1. The molecule has 0 saturated carbocycles. The lowest BCUT2D eigenvalue weighted by Crippen LogP contribution is -1.90. The Kier molecular flexibility index (Phi) is 2.93. The second kappa shape index (κ2) is 4.54. The molecule has 2 aromatic rings. The first-order chi connectivity index (χ1) is 7.81. The molecule has 0 aliphatic rings. The predicted molar refractivity (Wildman–Crippen MR) is 58.9 cm³/mol. The summed E-state index contributed by atoms with van der Waals surface area (Å²) >= 11 is 0. The number of hydrogen-bond acceptors (Lipinski definition) is 2. The average molecular weight is 212 g/mol. The minimum absolute atomic E-state index is 0.288. The maximum atomic E-state index is 13.1. The van der Waals surface area contributed by atoms with Gasteiger partial charge in [-0.25, -0.2) is 4.39 Å². The monoisotopic (exact) mass is 212 g/mol. The van der Waals surface area contributed by atoms with Gasteiger partial charge in [-0.15, -0.1) is 0 Å². The van der Waals surface area contributed by atoms with Crippen molar-refractivity contribution in [2.24, 2.45) is 0 Å². The van der Waals surface area contributed by atoms with Crippen LogP contribution < -0.4 is 0 Å². The molecule has 2 rings (SSSR count). The summed E-state index contributed by atoms with van der Waals surface area (Å²) in [5.41, 5.74) is 2.42. The molecule has 0 radical (unpaired) electrons. The van der Waals surface area contributed by atoms with Gasteiger partial charge in [-0.3, -0.25) is 4.98 Å². The molecule has 2 nitrogen and oxygen atoms in total. The molecular formula is C13H9FN2. The molecule has 0 unspecified atom stereocenters. The number of halogens is 1. The van der Waals surface area contributed by atoms with Gasteiger partial charge in [0.05, 0.1) is 12.5 Å². The summed E-state index contributed by atoms with van der Waals surface area (Å²) in [4.78, 5) is 4.00. The Hall–Kier alpha value is -2.21. The lowest BCUT2D eigenvalue weighted by molar-refractivity contribution is 0.628. The van der Waals surface area contributed by atoms with Crippen molar-refractivity contribution < 1.29 is 4.39 Å². The van der Waals surface area contributed by atoms with Crippen LogP contribution in [0.1, 0.15) is 5.56 Å². The Morgan fingerprint density at radius 2 is 2.19 bits per heavy atom. The first kappa shape index (κ1) is 10.3. The number of aromatic nitrogens is 1. The van der Waals surface area contributed by atoms with E-state index < -0.39 is 0 Å².